The van der Waals surface area contributed by atoms with E-state index in [1.54, 1.807) is 0 Å². The minimum Gasteiger partial charge on any atom is -0.326 e. The summed E-state index contributed by atoms with van der Waals surface area (Å²) >= 11 is 0. The normalized spacial score (nSPS) is 39.8. The highest BCUT2D eigenvalue weighted by Crippen LogP contribution is 2.59. The fourth-order valence-electron chi connectivity index (χ4n) is 5.29. The van der Waals surface area contributed by atoms with Gasteiger partial charge in [0.15, 0.2) is 0 Å². The summed E-state index contributed by atoms with van der Waals surface area (Å²) in [5, 5.41) is 8.88. The molecule has 4 fully saturated rings. The van der Waals surface area contributed by atoms with Gasteiger partial charge >= 0.3 is 0 Å². The Bertz CT molecular complexity index is 469. The lowest BCUT2D eigenvalue weighted by Gasteiger charge is -2.54. The SMILES string of the molecule is Cc1nnc(C2C3CC4CC(C3)CC2C4)cc1CN. The second-order valence-electron chi connectivity index (χ2n) is 7.04. The fraction of sp³-hybridized carbons (Fsp3) is 0.750. The van der Waals surface area contributed by atoms with Gasteiger partial charge in [-0.15, -0.1) is 0 Å². The molecule has 4 aliphatic carbocycles. The molecule has 1 aromatic rings. The molecule has 0 aromatic carbocycles. The zero-order valence-corrected chi connectivity index (χ0v) is 11.7. The number of rotatable bonds is 2. The van der Waals surface area contributed by atoms with Crippen LogP contribution in [0.1, 0.15) is 55.0 Å². The molecular weight excluding hydrogens is 234 g/mol. The van der Waals surface area contributed by atoms with E-state index in [1.165, 1.54) is 43.4 Å². The molecule has 0 unspecified atom stereocenters. The van der Waals surface area contributed by atoms with E-state index in [-0.39, 0.29) is 0 Å². The second kappa shape index (κ2) is 4.27. The standard InChI is InChI=1S/C16H23N3/c1-9-14(8-17)7-15(19-18-9)16-12-3-10-2-11(5-12)6-13(16)4-10/h7,10-13,16H,2-6,8,17H2,1H3. The van der Waals surface area contributed by atoms with Crippen LogP contribution < -0.4 is 5.73 Å². The van der Waals surface area contributed by atoms with E-state index in [2.05, 4.69) is 16.3 Å². The third-order valence-corrected chi connectivity index (χ3v) is 5.89. The minimum absolute atomic E-state index is 0.585. The molecule has 1 aromatic heterocycles. The molecule has 4 saturated carbocycles. The topological polar surface area (TPSA) is 51.8 Å². The van der Waals surface area contributed by atoms with Crippen molar-refractivity contribution in [1.82, 2.24) is 10.2 Å². The van der Waals surface area contributed by atoms with Crippen LogP contribution in [0.4, 0.5) is 0 Å². The van der Waals surface area contributed by atoms with Gasteiger partial charge in [-0.1, -0.05) is 0 Å². The molecule has 0 amide bonds. The smallest absolute Gasteiger partial charge is 0.0670 e. The van der Waals surface area contributed by atoms with Gasteiger partial charge in [0.25, 0.3) is 0 Å². The zero-order valence-electron chi connectivity index (χ0n) is 11.7. The van der Waals surface area contributed by atoms with E-state index < -0.39 is 0 Å². The fourth-order valence-corrected chi connectivity index (χ4v) is 5.29. The van der Waals surface area contributed by atoms with Crippen LogP contribution in [-0.4, -0.2) is 10.2 Å². The molecule has 0 atom stereocenters. The minimum atomic E-state index is 0.585. The number of nitrogens with two attached hydrogens (primary N) is 1. The van der Waals surface area contributed by atoms with Gasteiger partial charge < -0.3 is 5.73 Å². The molecule has 0 radical (unpaired) electrons. The van der Waals surface area contributed by atoms with Crippen LogP contribution >= 0.6 is 0 Å². The van der Waals surface area contributed by atoms with E-state index in [0.717, 1.165) is 29.4 Å². The molecule has 19 heavy (non-hydrogen) atoms. The maximum absolute atomic E-state index is 5.83. The van der Waals surface area contributed by atoms with Crippen LogP contribution in [-0.2, 0) is 6.54 Å². The lowest BCUT2D eigenvalue weighted by Crippen LogP contribution is -2.44. The van der Waals surface area contributed by atoms with Gasteiger partial charge in [-0.25, -0.2) is 0 Å². The van der Waals surface area contributed by atoms with Crippen molar-refractivity contribution in [3.05, 3.63) is 23.0 Å². The molecule has 5 rings (SSSR count). The predicted molar refractivity (Wildman–Crippen MR) is 74.4 cm³/mol. The monoisotopic (exact) mass is 257 g/mol. The van der Waals surface area contributed by atoms with E-state index in [1.807, 2.05) is 6.92 Å². The second-order valence-corrected chi connectivity index (χ2v) is 7.04. The molecule has 2 N–H and O–H groups in total. The van der Waals surface area contributed by atoms with Crippen LogP contribution in [0.2, 0.25) is 0 Å². The first-order chi connectivity index (χ1) is 9.24. The molecule has 1 heterocycles. The summed E-state index contributed by atoms with van der Waals surface area (Å²) in [7, 11) is 0. The summed E-state index contributed by atoms with van der Waals surface area (Å²) < 4.78 is 0. The van der Waals surface area contributed by atoms with Gasteiger partial charge in [-0.2, -0.15) is 10.2 Å². The lowest BCUT2D eigenvalue weighted by molar-refractivity contribution is -0.00447. The van der Waals surface area contributed by atoms with Crippen LogP contribution in [0, 0.1) is 30.6 Å². The number of nitrogens with zero attached hydrogens (tertiary/aromatic N) is 2. The van der Waals surface area contributed by atoms with Crippen molar-refractivity contribution in [2.75, 3.05) is 0 Å². The van der Waals surface area contributed by atoms with Gasteiger partial charge in [-0.3, -0.25) is 0 Å². The van der Waals surface area contributed by atoms with Crippen molar-refractivity contribution < 1.29 is 0 Å². The van der Waals surface area contributed by atoms with Crippen molar-refractivity contribution in [2.24, 2.45) is 29.4 Å². The van der Waals surface area contributed by atoms with Gasteiger partial charge in [-0.05, 0) is 74.3 Å². The molecule has 102 valence electrons. The molecule has 4 aliphatic rings. The number of aromatic nitrogens is 2. The number of aryl methyl sites for hydroxylation is 1. The molecule has 0 saturated heterocycles. The summed E-state index contributed by atoms with van der Waals surface area (Å²) in [6, 6.07) is 2.25. The Labute approximate surface area is 115 Å². The van der Waals surface area contributed by atoms with Crippen LogP contribution in [0.25, 0.3) is 0 Å². The molecular formula is C16H23N3. The Morgan fingerprint density at radius 1 is 1.05 bits per heavy atom. The quantitative estimate of drug-likeness (QED) is 0.886. The van der Waals surface area contributed by atoms with Gasteiger partial charge in [0, 0.05) is 12.5 Å². The van der Waals surface area contributed by atoms with E-state index in [9.17, 15) is 0 Å². The van der Waals surface area contributed by atoms with Gasteiger partial charge in [0.05, 0.1) is 11.4 Å². The highest BCUT2D eigenvalue weighted by molar-refractivity contribution is 5.24. The van der Waals surface area contributed by atoms with Crippen LogP contribution in [0.15, 0.2) is 6.07 Å². The summed E-state index contributed by atoms with van der Waals surface area (Å²) in [6.45, 7) is 2.59. The van der Waals surface area contributed by atoms with Crippen LogP contribution in [0.5, 0.6) is 0 Å². The molecule has 3 nitrogen and oxygen atoms in total. The molecule has 0 aliphatic heterocycles. The van der Waals surface area contributed by atoms with Crippen molar-refractivity contribution >= 4 is 0 Å². The maximum Gasteiger partial charge on any atom is 0.0670 e. The van der Waals surface area contributed by atoms with Gasteiger partial charge in [0.1, 0.15) is 0 Å². The Morgan fingerprint density at radius 3 is 2.26 bits per heavy atom. The number of hydrogen-bond donors (Lipinski definition) is 1. The van der Waals surface area contributed by atoms with Crippen molar-refractivity contribution in [1.29, 1.82) is 0 Å². The average Bonchev–Trinajstić information content (AvgIpc) is 2.39. The van der Waals surface area contributed by atoms with E-state index >= 15 is 0 Å². The Balaban J connectivity index is 1.69. The first-order valence-electron chi connectivity index (χ1n) is 7.77. The highest BCUT2D eigenvalue weighted by atomic mass is 15.1. The Hall–Kier alpha value is -0.960. The Morgan fingerprint density at radius 2 is 1.68 bits per heavy atom. The molecule has 3 heteroatoms. The average molecular weight is 257 g/mol. The van der Waals surface area contributed by atoms with Gasteiger partial charge in [0.2, 0.25) is 0 Å². The number of hydrogen-bond acceptors (Lipinski definition) is 3. The summed E-state index contributed by atoms with van der Waals surface area (Å²) in [6.07, 6.45) is 7.25. The van der Waals surface area contributed by atoms with Crippen LogP contribution in [0.3, 0.4) is 0 Å². The largest absolute Gasteiger partial charge is 0.326 e. The highest BCUT2D eigenvalue weighted by Gasteiger charge is 2.49. The zero-order chi connectivity index (χ0) is 13.0. The maximum atomic E-state index is 5.83. The van der Waals surface area contributed by atoms with E-state index in [4.69, 9.17) is 5.73 Å². The lowest BCUT2D eigenvalue weighted by atomic mass is 9.51. The predicted octanol–water partition coefficient (Wildman–Crippen LogP) is 2.78. The van der Waals surface area contributed by atoms with E-state index in [0.29, 0.717) is 12.5 Å². The van der Waals surface area contributed by atoms with Crippen molar-refractivity contribution in [3.8, 4) is 0 Å². The third kappa shape index (κ3) is 1.82. The summed E-state index contributed by atoms with van der Waals surface area (Å²) in [5.74, 6) is 4.46. The Kier molecular flexibility index (Phi) is 2.66. The first-order valence-corrected chi connectivity index (χ1v) is 7.77. The molecule has 4 bridgehead atoms. The third-order valence-electron chi connectivity index (χ3n) is 5.89. The van der Waals surface area contributed by atoms with Crippen molar-refractivity contribution in [2.45, 2.75) is 51.5 Å². The summed E-state index contributed by atoms with van der Waals surface area (Å²) in [5.41, 5.74) is 9.24. The summed E-state index contributed by atoms with van der Waals surface area (Å²) in [4.78, 5) is 0. The first kappa shape index (κ1) is 11.8. The van der Waals surface area contributed by atoms with Crippen molar-refractivity contribution in [3.63, 3.8) is 0 Å². The molecule has 0 spiro atoms.